The molecule has 4 nitrogen and oxygen atoms in total. The van der Waals surface area contributed by atoms with Gasteiger partial charge in [0.1, 0.15) is 16.4 Å². The van der Waals surface area contributed by atoms with Crippen molar-refractivity contribution >= 4 is 28.6 Å². The molecule has 0 saturated heterocycles. The van der Waals surface area contributed by atoms with Gasteiger partial charge in [0, 0.05) is 24.5 Å². The highest BCUT2D eigenvalue weighted by Gasteiger charge is 2.14. The average molecular weight is 273 g/mol. The highest BCUT2D eigenvalue weighted by molar-refractivity contribution is 7.80. The maximum atomic E-state index is 9.59. The van der Waals surface area contributed by atoms with Crippen molar-refractivity contribution in [3.8, 4) is 5.75 Å². The summed E-state index contributed by atoms with van der Waals surface area (Å²) in [5.41, 5.74) is 8.00. The Bertz CT molecular complexity index is 601. The Labute approximate surface area is 117 Å². The Morgan fingerprint density at radius 2 is 2.16 bits per heavy atom. The van der Waals surface area contributed by atoms with Crippen LogP contribution >= 0.6 is 12.2 Å². The van der Waals surface area contributed by atoms with Gasteiger partial charge < -0.3 is 15.7 Å². The molecule has 0 radical (unpaired) electrons. The van der Waals surface area contributed by atoms with Crippen molar-refractivity contribution in [1.29, 1.82) is 0 Å². The zero-order chi connectivity index (χ0) is 13.8. The number of hydrogen-bond acceptors (Lipinski definition) is 4. The Balaban J connectivity index is 2.51. The van der Waals surface area contributed by atoms with Gasteiger partial charge >= 0.3 is 0 Å². The Hall–Kier alpha value is -2.14. The summed E-state index contributed by atoms with van der Waals surface area (Å²) in [5.74, 6) is 0.219. The van der Waals surface area contributed by atoms with Gasteiger partial charge in [-0.05, 0) is 31.2 Å². The van der Waals surface area contributed by atoms with Gasteiger partial charge in [-0.1, -0.05) is 18.3 Å². The van der Waals surface area contributed by atoms with Gasteiger partial charge in [-0.25, -0.2) is 0 Å². The smallest absolute Gasteiger partial charge is 0.124 e. The molecular weight excluding hydrogens is 258 g/mol. The molecule has 3 N–H and O–H groups in total. The highest BCUT2D eigenvalue weighted by atomic mass is 32.1. The number of phenols is 1. The van der Waals surface area contributed by atoms with E-state index >= 15 is 0 Å². The van der Waals surface area contributed by atoms with Crippen LogP contribution in [0.1, 0.15) is 12.6 Å². The van der Waals surface area contributed by atoms with E-state index in [2.05, 4.69) is 4.98 Å². The monoisotopic (exact) mass is 273 g/mol. The zero-order valence-corrected chi connectivity index (χ0v) is 11.4. The van der Waals surface area contributed by atoms with Crippen LogP contribution in [0.3, 0.4) is 0 Å². The molecule has 0 bridgehead atoms. The molecule has 0 unspecified atom stereocenters. The number of phenolic OH excluding ortho intramolecular Hbond substituents is 1. The number of aromatic hydroxyl groups is 1. The van der Waals surface area contributed by atoms with E-state index in [1.807, 2.05) is 30.0 Å². The van der Waals surface area contributed by atoms with E-state index in [-0.39, 0.29) is 10.7 Å². The van der Waals surface area contributed by atoms with Gasteiger partial charge in [0.2, 0.25) is 0 Å². The molecule has 0 fully saturated rings. The van der Waals surface area contributed by atoms with Crippen molar-refractivity contribution in [1.82, 2.24) is 4.98 Å². The third-order valence-corrected chi connectivity index (χ3v) is 2.96. The highest BCUT2D eigenvalue weighted by Crippen LogP contribution is 2.29. The van der Waals surface area contributed by atoms with Crippen LogP contribution in [0.5, 0.6) is 5.75 Å². The predicted octanol–water partition coefficient (Wildman–Crippen LogP) is 2.58. The minimum atomic E-state index is 0.219. The topological polar surface area (TPSA) is 62.4 Å². The van der Waals surface area contributed by atoms with Gasteiger partial charge in [0.15, 0.2) is 0 Å². The minimum Gasteiger partial charge on any atom is -0.508 e. The Morgan fingerprint density at radius 3 is 2.79 bits per heavy atom. The number of anilines is 2. The van der Waals surface area contributed by atoms with Gasteiger partial charge in [-0.15, -0.1) is 0 Å². The molecule has 0 saturated carbocycles. The minimum absolute atomic E-state index is 0.219. The second-order valence-electron chi connectivity index (χ2n) is 4.00. The molecule has 1 aromatic heterocycles. The fraction of sp³-hybridized carbons (Fsp3) is 0.143. The quantitative estimate of drug-likeness (QED) is 0.838. The molecule has 1 aromatic carbocycles. The van der Waals surface area contributed by atoms with E-state index in [0.717, 1.165) is 11.4 Å². The molecule has 0 aliphatic rings. The normalized spacial score (nSPS) is 10.2. The summed E-state index contributed by atoms with van der Waals surface area (Å²) in [6.07, 6.45) is 1.66. The first kappa shape index (κ1) is 13.3. The third kappa shape index (κ3) is 2.82. The van der Waals surface area contributed by atoms with Crippen molar-refractivity contribution in [2.24, 2.45) is 5.73 Å². The molecule has 19 heavy (non-hydrogen) atoms. The first-order chi connectivity index (χ1) is 9.13. The number of hydrogen-bond donors (Lipinski definition) is 2. The van der Waals surface area contributed by atoms with Gasteiger partial charge in [-0.3, -0.25) is 4.98 Å². The van der Waals surface area contributed by atoms with Crippen LogP contribution in [0, 0.1) is 0 Å². The summed E-state index contributed by atoms with van der Waals surface area (Å²) < 4.78 is 0. The van der Waals surface area contributed by atoms with Gasteiger partial charge in [-0.2, -0.15) is 0 Å². The van der Waals surface area contributed by atoms with E-state index in [4.69, 9.17) is 18.0 Å². The SMILES string of the molecule is CCN(c1cccc(O)c1)c1cccnc1C(N)=S. The lowest BCUT2D eigenvalue weighted by atomic mass is 10.2. The van der Waals surface area contributed by atoms with Crippen molar-refractivity contribution in [2.45, 2.75) is 6.92 Å². The summed E-state index contributed by atoms with van der Waals surface area (Å²) in [7, 11) is 0. The number of nitrogens with two attached hydrogens (primary N) is 1. The second kappa shape index (κ2) is 5.67. The summed E-state index contributed by atoms with van der Waals surface area (Å²) in [6.45, 7) is 2.73. The van der Waals surface area contributed by atoms with E-state index in [1.54, 1.807) is 24.4 Å². The summed E-state index contributed by atoms with van der Waals surface area (Å²) in [4.78, 5) is 6.48. The van der Waals surface area contributed by atoms with Crippen molar-refractivity contribution in [3.63, 3.8) is 0 Å². The lowest BCUT2D eigenvalue weighted by Crippen LogP contribution is -2.22. The first-order valence-electron chi connectivity index (χ1n) is 5.95. The van der Waals surface area contributed by atoms with Crippen LogP contribution in [-0.2, 0) is 0 Å². The Morgan fingerprint density at radius 1 is 1.37 bits per heavy atom. The fourth-order valence-electron chi connectivity index (χ4n) is 1.96. The number of pyridine rings is 1. The van der Waals surface area contributed by atoms with Crippen LogP contribution in [0.25, 0.3) is 0 Å². The molecule has 0 aliphatic carbocycles. The summed E-state index contributed by atoms with van der Waals surface area (Å²) in [5, 5.41) is 9.59. The molecule has 0 amide bonds. The van der Waals surface area contributed by atoms with Crippen LogP contribution in [0.2, 0.25) is 0 Å². The average Bonchev–Trinajstić information content (AvgIpc) is 2.40. The lowest BCUT2D eigenvalue weighted by molar-refractivity contribution is 0.475. The number of aromatic nitrogens is 1. The molecule has 2 rings (SSSR count). The van der Waals surface area contributed by atoms with E-state index in [9.17, 15) is 5.11 Å². The zero-order valence-electron chi connectivity index (χ0n) is 10.6. The molecule has 98 valence electrons. The van der Waals surface area contributed by atoms with Gasteiger partial charge in [0.05, 0.1) is 5.69 Å². The van der Waals surface area contributed by atoms with Crippen LogP contribution < -0.4 is 10.6 Å². The standard InChI is InChI=1S/C14H15N3OS/c1-2-17(10-5-3-6-11(18)9-10)12-7-4-8-16-13(12)14(15)19/h3-9,18H,2H2,1H3,(H2,15,19). The molecular formula is C14H15N3OS. The lowest BCUT2D eigenvalue weighted by Gasteiger charge is -2.25. The van der Waals surface area contributed by atoms with Crippen LogP contribution in [0.15, 0.2) is 42.6 Å². The van der Waals surface area contributed by atoms with Crippen molar-refractivity contribution in [2.75, 3.05) is 11.4 Å². The van der Waals surface area contributed by atoms with Crippen LogP contribution in [0.4, 0.5) is 11.4 Å². The number of thiocarbonyl (C=S) groups is 1. The maximum Gasteiger partial charge on any atom is 0.124 e. The summed E-state index contributed by atoms with van der Waals surface area (Å²) >= 11 is 5.03. The molecule has 0 atom stereocenters. The molecule has 2 aromatic rings. The number of rotatable bonds is 4. The molecule has 1 heterocycles. The molecule has 5 heteroatoms. The largest absolute Gasteiger partial charge is 0.508 e. The van der Waals surface area contributed by atoms with Gasteiger partial charge in [0.25, 0.3) is 0 Å². The maximum absolute atomic E-state index is 9.59. The Kier molecular flexibility index (Phi) is 3.97. The third-order valence-electron chi connectivity index (χ3n) is 2.77. The van der Waals surface area contributed by atoms with Crippen molar-refractivity contribution in [3.05, 3.63) is 48.3 Å². The van der Waals surface area contributed by atoms with E-state index in [0.29, 0.717) is 12.2 Å². The number of benzene rings is 1. The van der Waals surface area contributed by atoms with E-state index < -0.39 is 0 Å². The molecule has 0 spiro atoms. The molecule has 0 aliphatic heterocycles. The van der Waals surface area contributed by atoms with E-state index in [1.165, 1.54) is 0 Å². The predicted molar refractivity (Wildman–Crippen MR) is 80.9 cm³/mol. The number of nitrogens with zero attached hydrogens (tertiary/aromatic N) is 2. The summed E-state index contributed by atoms with van der Waals surface area (Å²) in [6, 6.07) is 10.8. The second-order valence-corrected chi connectivity index (χ2v) is 4.44. The fourth-order valence-corrected chi connectivity index (χ4v) is 2.11. The van der Waals surface area contributed by atoms with Crippen LogP contribution in [-0.4, -0.2) is 21.6 Å². The first-order valence-corrected chi connectivity index (χ1v) is 6.35. The van der Waals surface area contributed by atoms with Crippen molar-refractivity contribution < 1.29 is 5.11 Å².